The van der Waals surface area contributed by atoms with Crippen LogP contribution in [0.1, 0.15) is 45.5 Å². The lowest BCUT2D eigenvalue weighted by molar-refractivity contribution is 0.0499. The van der Waals surface area contributed by atoms with E-state index in [1.807, 2.05) is 6.92 Å². The monoisotopic (exact) mass is 473 g/mol. The van der Waals surface area contributed by atoms with E-state index in [1.54, 1.807) is 49.4 Å². The lowest BCUT2D eigenvalue weighted by Crippen LogP contribution is -2.12. The second-order valence-electron chi connectivity index (χ2n) is 6.87. The van der Waals surface area contributed by atoms with Crippen LogP contribution in [0.25, 0.3) is 0 Å². The van der Waals surface area contributed by atoms with Gasteiger partial charge in [-0.2, -0.15) is 0 Å². The third-order valence-electron chi connectivity index (χ3n) is 4.39. The van der Waals surface area contributed by atoms with Gasteiger partial charge in [0.05, 0.1) is 22.8 Å². The third-order valence-corrected chi connectivity index (χ3v) is 6.94. The number of esters is 1. The lowest BCUT2D eigenvalue weighted by atomic mass is 10.2. The minimum Gasteiger partial charge on any atom is -0.462 e. The maximum Gasteiger partial charge on any atom is 0.338 e. The molecule has 3 aromatic rings. The summed E-state index contributed by atoms with van der Waals surface area (Å²) in [7, 11) is -3.80. The maximum atomic E-state index is 12.7. The maximum absolute atomic E-state index is 12.7. The number of nitrogens with zero attached hydrogens (tertiary/aromatic N) is 1. The highest BCUT2D eigenvalue weighted by atomic mass is 32.2. The van der Waals surface area contributed by atoms with E-state index in [9.17, 15) is 18.0 Å². The fourth-order valence-corrected chi connectivity index (χ4v) is 4.81. The molecule has 2 aromatic carbocycles. The zero-order valence-electron chi connectivity index (χ0n) is 17.6. The largest absolute Gasteiger partial charge is 0.462 e. The molecule has 168 valence electrons. The van der Waals surface area contributed by atoms with E-state index in [-0.39, 0.29) is 14.9 Å². The van der Waals surface area contributed by atoms with Crippen molar-refractivity contribution >= 4 is 44.1 Å². The molecule has 1 heterocycles. The van der Waals surface area contributed by atoms with Crippen LogP contribution in [0.3, 0.4) is 0 Å². The second kappa shape index (κ2) is 10.4. The van der Waals surface area contributed by atoms with Crippen molar-refractivity contribution in [3.05, 3.63) is 70.7 Å². The number of thiazole rings is 1. The molecular formula is C22H23N3O5S2. The number of rotatable bonds is 9. The van der Waals surface area contributed by atoms with Crippen LogP contribution in [0.5, 0.6) is 0 Å². The smallest absolute Gasteiger partial charge is 0.338 e. The van der Waals surface area contributed by atoms with Crippen LogP contribution >= 0.6 is 11.3 Å². The van der Waals surface area contributed by atoms with E-state index in [0.717, 1.165) is 24.2 Å². The second-order valence-corrected chi connectivity index (χ2v) is 9.55. The van der Waals surface area contributed by atoms with E-state index in [1.165, 1.54) is 12.1 Å². The number of carbonyl (C=O) groups excluding carboxylic acids is 2. The molecule has 1 amide bonds. The number of amides is 1. The van der Waals surface area contributed by atoms with Crippen molar-refractivity contribution in [2.45, 2.75) is 31.6 Å². The number of aromatic nitrogens is 1. The first-order chi connectivity index (χ1) is 15.3. The molecule has 0 fully saturated rings. The highest BCUT2D eigenvalue weighted by Gasteiger charge is 2.20. The number of sulfonamides is 1. The summed E-state index contributed by atoms with van der Waals surface area (Å²) in [6, 6.07) is 14.3. The Labute approximate surface area is 190 Å². The minimum atomic E-state index is -3.80. The summed E-state index contributed by atoms with van der Waals surface area (Å²) in [5, 5.41) is 2.83. The molecule has 0 saturated heterocycles. The number of nitrogens with one attached hydrogen (secondary N) is 2. The summed E-state index contributed by atoms with van der Waals surface area (Å²) in [6.07, 6.45) is 1.74. The fourth-order valence-electron chi connectivity index (χ4n) is 2.69. The van der Waals surface area contributed by atoms with Crippen molar-refractivity contribution in [2.24, 2.45) is 0 Å². The molecule has 8 nitrogen and oxygen atoms in total. The molecule has 0 aliphatic rings. The summed E-state index contributed by atoms with van der Waals surface area (Å²) in [5.74, 6) is -0.839. The number of anilines is 2. The number of ether oxygens (including phenoxy) is 1. The van der Waals surface area contributed by atoms with Gasteiger partial charge < -0.3 is 10.1 Å². The zero-order valence-corrected chi connectivity index (χ0v) is 19.3. The van der Waals surface area contributed by atoms with Gasteiger partial charge in [-0.3, -0.25) is 9.52 Å². The molecule has 1 aromatic heterocycles. The summed E-state index contributed by atoms with van der Waals surface area (Å²) in [4.78, 5) is 29.2. The number of benzene rings is 2. The van der Waals surface area contributed by atoms with Crippen LogP contribution in [-0.2, 0) is 14.8 Å². The van der Waals surface area contributed by atoms with Gasteiger partial charge in [0.15, 0.2) is 5.13 Å². The Kier molecular flexibility index (Phi) is 7.60. The van der Waals surface area contributed by atoms with Gasteiger partial charge in [-0.25, -0.2) is 18.2 Å². The summed E-state index contributed by atoms with van der Waals surface area (Å²) >= 11 is 0.940. The zero-order chi connectivity index (χ0) is 23.1. The molecule has 0 unspecified atom stereocenters. The van der Waals surface area contributed by atoms with E-state index in [4.69, 9.17) is 4.74 Å². The number of hydrogen-bond donors (Lipinski definition) is 2. The minimum absolute atomic E-state index is 0.0988. The lowest BCUT2D eigenvalue weighted by Gasteiger charge is -2.06. The van der Waals surface area contributed by atoms with Crippen LogP contribution in [0.15, 0.2) is 59.5 Å². The predicted molar refractivity (Wildman–Crippen MR) is 124 cm³/mol. The van der Waals surface area contributed by atoms with Gasteiger partial charge in [-0.1, -0.05) is 42.9 Å². The number of hydrogen-bond acceptors (Lipinski definition) is 7. The molecular weight excluding hydrogens is 450 g/mol. The van der Waals surface area contributed by atoms with Crippen molar-refractivity contribution < 1.29 is 22.7 Å². The van der Waals surface area contributed by atoms with Crippen molar-refractivity contribution in [3.8, 4) is 0 Å². The van der Waals surface area contributed by atoms with Crippen molar-refractivity contribution in [2.75, 3.05) is 16.6 Å². The van der Waals surface area contributed by atoms with Gasteiger partial charge in [-0.15, -0.1) is 0 Å². The normalized spacial score (nSPS) is 11.1. The third kappa shape index (κ3) is 5.92. The number of unbranched alkanes of at least 4 members (excludes halogenated alkanes) is 1. The Morgan fingerprint density at radius 2 is 1.75 bits per heavy atom. The van der Waals surface area contributed by atoms with Gasteiger partial charge in [0, 0.05) is 5.69 Å². The standard InChI is InChI=1S/C22H23N3O5S2/c1-3-4-14-30-21(27)16-10-12-17(13-11-16)24-20(26)19-15(2)23-22(31-19)25-32(28,29)18-8-6-5-7-9-18/h5-13H,3-4,14H2,1-2H3,(H,23,25)(H,24,26). The highest BCUT2D eigenvalue weighted by molar-refractivity contribution is 7.93. The summed E-state index contributed by atoms with van der Waals surface area (Å²) in [5.41, 5.74) is 1.28. The van der Waals surface area contributed by atoms with Crippen molar-refractivity contribution in [1.29, 1.82) is 0 Å². The number of aryl methyl sites for hydroxylation is 1. The molecule has 0 radical (unpaired) electrons. The SMILES string of the molecule is CCCCOC(=O)c1ccc(NC(=O)c2sc(NS(=O)(=O)c3ccccc3)nc2C)cc1. The van der Waals surface area contributed by atoms with Crippen LogP contribution < -0.4 is 10.0 Å². The van der Waals surface area contributed by atoms with Gasteiger partial charge in [0.1, 0.15) is 4.88 Å². The van der Waals surface area contributed by atoms with Crippen LogP contribution in [-0.4, -0.2) is 31.9 Å². The molecule has 0 aliphatic carbocycles. The van der Waals surface area contributed by atoms with Gasteiger partial charge >= 0.3 is 5.97 Å². The molecule has 0 saturated carbocycles. The molecule has 32 heavy (non-hydrogen) atoms. The molecule has 0 bridgehead atoms. The van der Waals surface area contributed by atoms with E-state index in [0.29, 0.717) is 23.6 Å². The molecule has 2 N–H and O–H groups in total. The molecule has 0 spiro atoms. The van der Waals surface area contributed by atoms with E-state index in [2.05, 4.69) is 15.0 Å². The average molecular weight is 474 g/mol. The van der Waals surface area contributed by atoms with Crippen LogP contribution in [0, 0.1) is 6.92 Å². The Bertz CT molecular complexity index is 1190. The van der Waals surface area contributed by atoms with Gasteiger partial charge in [0.25, 0.3) is 15.9 Å². The number of carbonyl (C=O) groups is 2. The fraction of sp³-hybridized carbons (Fsp3) is 0.227. The Morgan fingerprint density at radius 1 is 1.06 bits per heavy atom. The van der Waals surface area contributed by atoms with Gasteiger partial charge in [0.2, 0.25) is 0 Å². The molecule has 0 aliphatic heterocycles. The molecule has 0 atom stereocenters. The molecule has 10 heteroatoms. The summed E-state index contributed by atoms with van der Waals surface area (Å²) < 4.78 is 32.5. The van der Waals surface area contributed by atoms with E-state index < -0.39 is 21.9 Å². The first-order valence-corrected chi connectivity index (χ1v) is 12.2. The van der Waals surface area contributed by atoms with Crippen molar-refractivity contribution in [3.63, 3.8) is 0 Å². The Hall–Kier alpha value is -3.24. The Balaban J connectivity index is 1.66. The average Bonchev–Trinajstić information content (AvgIpc) is 3.14. The van der Waals surface area contributed by atoms with Gasteiger partial charge in [-0.05, 0) is 49.7 Å². The first-order valence-electron chi connectivity index (χ1n) is 9.94. The predicted octanol–water partition coefficient (Wildman–Crippen LogP) is 4.46. The van der Waals surface area contributed by atoms with Crippen molar-refractivity contribution in [1.82, 2.24) is 4.98 Å². The van der Waals surface area contributed by atoms with Crippen LogP contribution in [0.4, 0.5) is 10.8 Å². The quantitative estimate of drug-likeness (QED) is 0.350. The highest BCUT2D eigenvalue weighted by Crippen LogP contribution is 2.26. The van der Waals surface area contributed by atoms with Crippen LogP contribution in [0.2, 0.25) is 0 Å². The summed E-state index contributed by atoms with van der Waals surface area (Å²) in [6.45, 7) is 4.01. The van der Waals surface area contributed by atoms with E-state index >= 15 is 0 Å². The molecule has 3 rings (SSSR count). The first kappa shape index (κ1) is 23.4. The Morgan fingerprint density at radius 3 is 2.41 bits per heavy atom. The topological polar surface area (TPSA) is 114 Å².